The predicted molar refractivity (Wildman–Crippen MR) is 167 cm³/mol. The van der Waals surface area contributed by atoms with Crippen molar-refractivity contribution in [3.05, 3.63) is 82.3 Å². The Hall–Kier alpha value is -3.57. The van der Waals surface area contributed by atoms with Gasteiger partial charge in [-0.25, -0.2) is 8.42 Å². The summed E-state index contributed by atoms with van der Waals surface area (Å²) in [5.74, 6) is -0.251. The Labute approximate surface area is 257 Å². The number of hydrogen-bond acceptors (Lipinski definition) is 6. The lowest BCUT2D eigenvalue weighted by atomic mass is 10.1. The second kappa shape index (κ2) is 15.1. The molecule has 1 atom stereocenters. The van der Waals surface area contributed by atoms with Crippen molar-refractivity contribution in [1.82, 2.24) is 10.2 Å². The van der Waals surface area contributed by atoms with E-state index in [0.717, 1.165) is 32.7 Å². The number of carbonyl (C=O) groups excluding carboxylic acids is 2. The van der Waals surface area contributed by atoms with Gasteiger partial charge < -0.3 is 19.7 Å². The van der Waals surface area contributed by atoms with E-state index in [1.54, 1.807) is 31.2 Å². The molecule has 9 nitrogen and oxygen atoms in total. The van der Waals surface area contributed by atoms with Gasteiger partial charge >= 0.3 is 0 Å². The maximum atomic E-state index is 14.1. The number of rotatable bonds is 14. The number of nitrogens with zero attached hydrogens (tertiary/aromatic N) is 2. The fraction of sp³-hybridized carbons (Fsp3) is 0.355. The van der Waals surface area contributed by atoms with Gasteiger partial charge in [0, 0.05) is 23.6 Å². The molecule has 1 N–H and O–H groups in total. The molecule has 1 unspecified atom stereocenters. The Morgan fingerprint density at radius 3 is 2.24 bits per heavy atom. The molecule has 0 fully saturated rings. The number of amides is 2. The highest BCUT2D eigenvalue weighted by Gasteiger charge is 2.34. The van der Waals surface area contributed by atoms with Crippen LogP contribution in [-0.2, 0) is 26.2 Å². The van der Waals surface area contributed by atoms with Crippen LogP contribution >= 0.6 is 15.9 Å². The highest BCUT2D eigenvalue weighted by atomic mass is 79.9. The molecule has 0 aliphatic rings. The van der Waals surface area contributed by atoms with Gasteiger partial charge in [-0.05, 0) is 62.2 Å². The number of benzene rings is 3. The zero-order valence-electron chi connectivity index (χ0n) is 24.6. The zero-order chi connectivity index (χ0) is 30.9. The first-order valence-corrected chi connectivity index (χ1v) is 15.9. The lowest BCUT2D eigenvalue weighted by Gasteiger charge is -2.32. The summed E-state index contributed by atoms with van der Waals surface area (Å²) in [4.78, 5) is 28.6. The fourth-order valence-electron chi connectivity index (χ4n) is 4.25. The van der Waals surface area contributed by atoms with E-state index in [0.29, 0.717) is 12.3 Å². The highest BCUT2D eigenvalue weighted by Crippen LogP contribution is 2.36. The Morgan fingerprint density at radius 1 is 0.976 bits per heavy atom. The summed E-state index contributed by atoms with van der Waals surface area (Å²) in [6.45, 7) is 5.52. The number of carbonyl (C=O) groups is 2. The predicted octanol–water partition coefficient (Wildman–Crippen LogP) is 5.30. The Balaban J connectivity index is 2.09. The van der Waals surface area contributed by atoms with Crippen LogP contribution < -0.4 is 19.1 Å². The number of methoxy groups -OCH3 is 2. The van der Waals surface area contributed by atoms with Crippen molar-refractivity contribution < 1.29 is 27.5 Å². The normalized spacial score (nSPS) is 11.9. The molecular formula is C31H38BrN3O6S. The van der Waals surface area contributed by atoms with E-state index in [9.17, 15) is 18.0 Å². The molecule has 0 aromatic heterocycles. The maximum absolute atomic E-state index is 14.1. The van der Waals surface area contributed by atoms with E-state index in [4.69, 9.17) is 9.47 Å². The van der Waals surface area contributed by atoms with Crippen LogP contribution in [0.15, 0.2) is 76.1 Å². The highest BCUT2D eigenvalue weighted by molar-refractivity contribution is 9.10. The third-order valence-corrected chi connectivity index (χ3v) is 9.11. The van der Waals surface area contributed by atoms with Crippen molar-refractivity contribution in [3.8, 4) is 11.5 Å². The van der Waals surface area contributed by atoms with Crippen LogP contribution in [-0.4, -0.2) is 58.5 Å². The van der Waals surface area contributed by atoms with E-state index in [2.05, 4.69) is 21.2 Å². The average molecular weight is 661 g/mol. The number of unbranched alkanes of at least 4 members (excludes halogenated alkanes) is 1. The van der Waals surface area contributed by atoms with E-state index in [-0.39, 0.29) is 28.8 Å². The molecule has 3 aromatic rings. The van der Waals surface area contributed by atoms with Crippen molar-refractivity contribution >= 4 is 43.5 Å². The van der Waals surface area contributed by atoms with Gasteiger partial charge in [-0.2, -0.15) is 0 Å². The van der Waals surface area contributed by atoms with E-state index >= 15 is 0 Å². The second-order valence-corrected chi connectivity index (χ2v) is 12.6. The minimum Gasteiger partial charge on any atom is -0.497 e. The molecule has 0 aliphatic carbocycles. The molecule has 0 spiro atoms. The molecule has 0 heterocycles. The monoisotopic (exact) mass is 659 g/mol. The standard InChI is InChI=1S/C31H38BrN3O6S/c1-6-7-18-33-31(37)23(3)34(20-24-10-12-25(32)13-11-24)30(36)21-35(28-19-26(40-4)14-17-29(28)41-5)42(38,39)27-15-8-22(2)9-16-27/h8-17,19,23H,6-7,18,20-21H2,1-5H3,(H,33,37). The SMILES string of the molecule is CCCCNC(=O)C(C)N(Cc1ccc(Br)cc1)C(=O)CN(c1cc(OC)ccc1OC)S(=O)(=O)c1ccc(C)cc1. The number of aryl methyl sites for hydroxylation is 1. The van der Waals surface area contributed by atoms with Crippen LogP contribution in [0.25, 0.3) is 0 Å². The molecule has 0 saturated carbocycles. The van der Waals surface area contributed by atoms with E-state index < -0.39 is 28.5 Å². The summed E-state index contributed by atoms with van der Waals surface area (Å²) in [7, 11) is -1.37. The Bertz CT molecular complexity index is 1460. The molecule has 3 rings (SSSR count). The lowest BCUT2D eigenvalue weighted by Crippen LogP contribution is -2.51. The van der Waals surface area contributed by atoms with Gasteiger partial charge in [0.1, 0.15) is 24.1 Å². The van der Waals surface area contributed by atoms with Crippen LogP contribution in [0.5, 0.6) is 11.5 Å². The van der Waals surface area contributed by atoms with Crippen LogP contribution in [0.4, 0.5) is 5.69 Å². The minimum atomic E-state index is -4.26. The molecule has 0 bridgehead atoms. The summed E-state index contributed by atoms with van der Waals surface area (Å²) < 4.78 is 41.0. The maximum Gasteiger partial charge on any atom is 0.264 e. The first kappa shape index (κ1) is 32.9. The van der Waals surface area contributed by atoms with E-state index in [1.807, 2.05) is 38.1 Å². The second-order valence-electron chi connectivity index (χ2n) is 9.83. The average Bonchev–Trinajstić information content (AvgIpc) is 2.99. The summed E-state index contributed by atoms with van der Waals surface area (Å²) in [6.07, 6.45) is 1.71. The molecule has 226 valence electrons. The molecule has 3 aromatic carbocycles. The Kier molecular flexibility index (Phi) is 11.8. The molecule has 0 saturated heterocycles. The lowest BCUT2D eigenvalue weighted by molar-refractivity contribution is -0.139. The van der Waals surface area contributed by atoms with Crippen molar-refractivity contribution in [3.63, 3.8) is 0 Å². The quantitative estimate of drug-likeness (QED) is 0.235. The number of halogens is 1. The van der Waals surface area contributed by atoms with Gasteiger partial charge in [-0.3, -0.25) is 13.9 Å². The Morgan fingerprint density at radius 2 is 1.64 bits per heavy atom. The third kappa shape index (κ3) is 8.25. The minimum absolute atomic E-state index is 0.00981. The van der Waals surface area contributed by atoms with Crippen molar-refractivity contribution in [2.75, 3.05) is 31.6 Å². The van der Waals surface area contributed by atoms with Gasteiger partial charge in [0.25, 0.3) is 10.0 Å². The number of sulfonamides is 1. The first-order valence-electron chi connectivity index (χ1n) is 13.6. The molecule has 0 aliphatic heterocycles. The largest absolute Gasteiger partial charge is 0.497 e. The van der Waals surface area contributed by atoms with Crippen LogP contribution in [0.1, 0.15) is 37.8 Å². The van der Waals surface area contributed by atoms with Gasteiger partial charge in [0.2, 0.25) is 11.8 Å². The first-order chi connectivity index (χ1) is 20.0. The molecule has 2 amide bonds. The number of anilines is 1. The number of hydrogen-bond donors (Lipinski definition) is 1. The van der Waals surface area contributed by atoms with Gasteiger partial charge in [0.15, 0.2) is 0 Å². The van der Waals surface area contributed by atoms with Crippen LogP contribution in [0.2, 0.25) is 0 Å². The molecule has 42 heavy (non-hydrogen) atoms. The molecule has 11 heteroatoms. The van der Waals surface area contributed by atoms with Crippen LogP contribution in [0.3, 0.4) is 0 Å². The molecular weight excluding hydrogens is 622 g/mol. The van der Waals surface area contributed by atoms with Gasteiger partial charge in [-0.1, -0.05) is 59.1 Å². The van der Waals surface area contributed by atoms with Crippen molar-refractivity contribution in [1.29, 1.82) is 0 Å². The summed E-state index contributed by atoms with van der Waals surface area (Å²) in [5.41, 5.74) is 1.81. The van der Waals surface area contributed by atoms with E-state index in [1.165, 1.54) is 37.3 Å². The van der Waals surface area contributed by atoms with Gasteiger partial charge in [0.05, 0.1) is 24.8 Å². The fourth-order valence-corrected chi connectivity index (χ4v) is 5.93. The van der Waals surface area contributed by atoms with Crippen LogP contribution in [0, 0.1) is 6.92 Å². The number of nitrogens with one attached hydrogen (secondary N) is 1. The third-order valence-electron chi connectivity index (χ3n) is 6.81. The summed E-state index contributed by atoms with van der Waals surface area (Å²) >= 11 is 3.42. The van der Waals surface area contributed by atoms with Crippen molar-refractivity contribution in [2.24, 2.45) is 0 Å². The topological polar surface area (TPSA) is 105 Å². The smallest absolute Gasteiger partial charge is 0.264 e. The van der Waals surface area contributed by atoms with Gasteiger partial charge in [-0.15, -0.1) is 0 Å². The zero-order valence-corrected chi connectivity index (χ0v) is 27.0. The number of ether oxygens (including phenoxy) is 2. The summed E-state index contributed by atoms with van der Waals surface area (Å²) in [5, 5.41) is 2.88. The van der Waals surface area contributed by atoms with Crippen molar-refractivity contribution in [2.45, 2.75) is 51.1 Å². The molecule has 0 radical (unpaired) electrons. The summed E-state index contributed by atoms with van der Waals surface area (Å²) in [6, 6.07) is 17.6.